The van der Waals surface area contributed by atoms with E-state index in [0.717, 1.165) is 49.1 Å². The van der Waals surface area contributed by atoms with Crippen LogP contribution in [-0.2, 0) is 16.9 Å². The zero-order valence-electron chi connectivity index (χ0n) is 13.2. The average molecular weight is 277 g/mol. The van der Waals surface area contributed by atoms with E-state index in [1.165, 1.54) is 12.8 Å². The minimum absolute atomic E-state index is 0.278. The second-order valence-corrected chi connectivity index (χ2v) is 5.99. The summed E-state index contributed by atoms with van der Waals surface area (Å²) in [7, 11) is 1.80. The summed E-state index contributed by atoms with van der Waals surface area (Å²) in [6, 6.07) is 2.06. The number of aryl methyl sites for hydroxylation is 1. The van der Waals surface area contributed by atoms with Crippen molar-refractivity contribution in [3.05, 3.63) is 23.3 Å². The van der Waals surface area contributed by atoms with Crippen LogP contribution in [-0.4, -0.2) is 23.6 Å². The molecule has 0 bridgehead atoms. The van der Waals surface area contributed by atoms with Crippen LogP contribution in [0.4, 0.5) is 0 Å². The van der Waals surface area contributed by atoms with Gasteiger partial charge in [0.1, 0.15) is 5.60 Å². The highest BCUT2D eigenvalue weighted by molar-refractivity contribution is 5.15. The number of nitrogens with one attached hydrogen (secondary N) is 1. The SMILES string of the molecule is CCNCc1cc(C)nc(C2(OC)CCC(C)CC2)n1. The van der Waals surface area contributed by atoms with Crippen LogP contribution in [0.15, 0.2) is 6.07 Å². The Hall–Kier alpha value is -1.00. The molecule has 0 spiro atoms. The molecule has 1 N–H and O–H groups in total. The fourth-order valence-corrected chi connectivity index (χ4v) is 2.93. The molecule has 0 radical (unpaired) electrons. The van der Waals surface area contributed by atoms with Crippen molar-refractivity contribution >= 4 is 0 Å². The summed E-state index contributed by atoms with van der Waals surface area (Å²) < 4.78 is 5.88. The summed E-state index contributed by atoms with van der Waals surface area (Å²) in [5.74, 6) is 1.66. The first-order chi connectivity index (χ1) is 9.59. The minimum Gasteiger partial charge on any atom is -0.370 e. The Bertz CT molecular complexity index is 439. The summed E-state index contributed by atoms with van der Waals surface area (Å²) in [5.41, 5.74) is 1.81. The van der Waals surface area contributed by atoms with Gasteiger partial charge in [0.2, 0.25) is 0 Å². The molecule has 0 saturated heterocycles. The van der Waals surface area contributed by atoms with Gasteiger partial charge in [0, 0.05) is 19.3 Å². The number of nitrogens with zero attached hydrogens (tertiary/aromatic N) is 2. The van der Waals surface area contributed by atoms with E-state index in [1.807, 2.05) is 6.92 Å². The predicted molar refractivity (Wildman–Crippen MR) is 80.5 cm³/mol. The lowest BCUT2D eigenvalue weighted by atomic mass is 9.79. The first kappa shape index (κ1) is 15.4. The van der Waals surface area contributed by atoms with E-state index in [2.05, 4.69) is 30.2 Å². The van der Waals surface area contributed by atoms with Crippen LogP contribution in [0, 0.1) is 12.8 Å². The quantitative estimate of drug-likeness (QED) is 0.899. The van der Waals surface area contributed by atoms with Gasteiger partial charge in [0.05, 0.1) is 5.69 Å². The topological polar surface area (TPSA) is 47.0 Å². The summed E-state index contributed by atoms with van der Waals surface area (Å²) in [5, 5.41) is 3.33. The van der Waals surface area contributed by atoms with Gasteiger partial charge < -0.3 is 10.1 Å². The van der Waals surface area contributed by atoms with E-state index in [4.69, 9.17) is 9.72 Å². The molecular formula is C16H27N3O. The van der Waals surface area contributed by atoms with Gasteiger partial charge >= 0.3 is 0 Å². The molecule has 2 rings (SSSR count). The van der Waals surface area contributed by atoms with Gasteiger partial charge in [0.15, 0.2) is 5.82 Å². The van der Waals surface area contributed by atoms with Crippen molar-refractivity contribution in [3.63, 3.8) is 0 Å². The molecule has 112 valence electrons. The van der Waals surface area contributed by atoms with Gasteiger partial charge in [0.25, 0.3) is 0 Å². The highest BCUT2D eigenvalue weighted by Crippen LogP contribution is 2.40. The lowest BCUT2D eigenvalue weighted by Crippen LogP contribution is -2.35. The monoisotopic (exact) mass is 277 g/mol. The van der Waals surface area contributed by atoms with E-state index >= 15 is 0 Å². The number of hydrogen-bond acceptors (Lipinski definition) is 4. The number of rotatable bonds is 5. The van der Waals surface area contributed by atoms with E-state index < -0.39 is 0 Å². The van der Waals surface area contributed by atoms with Crippen LogP contribution in [0.5, 0.6) is 0 Å². The average Bonchev–Trinajstić information content (AvgIpc) is 2.46. The second kappa shape index (κ2) is 6.64. The number of aromatic nitrogens is 2. The molecule has 1 saturated carbocycles. The highest BCUT2D eigenvalue weighted by Gasteiger charge is 2.38. The Kier molecular flexibility index (Phi) is 5.11. The van der Waals surface area contributed by atoms with Crippen LogP contribution in [0.1, 0.15) is 56.7 Å². The molecule has 0 aromatic carbocycles. The Balaban J connectivity index is 2.27. The van der Waals surface area contributed by atoms with Crippen molar-refractivity contribution in [2.75, 3.05) is 13.7 Å². The molecule has 20 heavy (non-hydrogen) atoms. The number of methoxy groups -OCH3 is 1. The molecular weight excluding hydrogens is 250 g/mol. The van der Waals surface area contributed by atoms with Gasteiger partial charge in [-0.05, 0) is 51.1 Å². The fraction of sp³-hybridized carbons (Fsp3) is 0.750. The number of hydrogen-bond donors (Lipinski definition) is 1. The van der Waals surface area contributed by atoms with Crippen LogP contribution >= 0.6 is 0 Å². The lowest BCUT2D eigenvalue weighted by molar-refractivity contribution is -0.0600. The zero-order chi connectivity index (χ0) is 14.6. The van der Waals surface area contributed by atoms with Gasteiger partial charge in [-0.15, -0.1) is 0 Å². The zero-order valence-corrected chi connectivity index (χ0v) is 13.2. The Morgan fingerprint density at radius 1 is 1.35 bits per heavy atom. The third-order valence-corrected chi connectivity index (χ3v) is 4.34. The van der Waals surface area contributed by atoms with Gasteiger partial charge in [-0.2, -0.15) is 0 Å². The van der Waals surface area contributed by atoms with Crippen LogP contribution in [0.25, 0.3) is 0 Å². The molecule has 1 heterocycles. The summed E-state index contributed by atoms with van der Waals surface area (Å²) >= 11 is 0. The molecule has 4 nitrogen and oxygen atoms in total. The third-order valence-electron chi connectivity index (χ3n) is 4.34. The predicted octanol–water partition coefficient (Wildman–Crippen LogP) is 2.95. The van der Waals surface area contributed by atoms with Crippen LogP contribution in [0.2, 0.25) is 0 Å². The summed E-state index contributed by atoms with van der Waals surface area (Å²) in [6.07, 6.45) is 4.42. The molecule has 1 fully saturated rings. The molecule has 0 unspecified atom stereocenters. The fourth-order valence-electron chi connectivity index (χ4n) is 2.93. The van der Waals surface area contributed by atoms with Crippen molar-refractivity contribution in [1.29, 1.82) is 0 Å². The minimum atomic E-state index is -0.278. The molecule has 0 amide bonds. The maximum Gasteiger partial charge on any atom is 0.160 e. The Morgan fingerprint density at radius 3 is 2.65 bits per heavy atom. The molecule has 4 heteroatoms. The first-order valence-corrected chi connectivity index (χ1v) is 7.70. The van der Waals surface area contributed by atoms with Gasteiger partial charge in [-0.1, -0.05) is 13.8 Å². The molecule has 1 aromatic rings. The lowest BCUT2D eigenvalue weighted by Gasteiger charge is -2.37. The molecule has 1 aliphatic carbocycles. The summed E-state index contributed by atoms with van der Waals surface area (Å²) in [4.78, 5) is 9.43. The van der Waals surface area contributed by atoms with Crippen LogP contribution < -0.4 is 5.32 Å². The van der Waals surface area contributed by atoms with Crippen molar-refractivity contribution in [1.82, 2.24) is 15.3 Å². The molecule has 0 aliphatic heterocycles. The Morgan fingerprint density at radius 2 is 2.05 bits per heavy atom. The maximum absolute atomic E-state index is 5.88. The van der Waals surface area contributed by atoms with Crippen LogP contribution in [0.3, 0.4) is 0 Å². The molecule has 1 aromatic heterocycles. The first-order valence-electron chi connectivity index (χ1n) is 7.70. The molecule has 1 aliphatic rings. The van der Waals surface area contributed by atoms with Crippen molar-refractivity contribution in [2.24, 2.45) is 5.92 Å². The largest absolute Gasteiger partial charge is 0.370 e. The normalized spacial score (nSPS) is 26.7. The van der Waals surface area contributed by atoms with Gasteiger partial charge in [-0.3, -0.25) is 0 Å². The molecule has 0 atom stereocenters. The third kappa shape index (κ3) is 3.36. The standard InChI is InChI=1S/C16H27N3O/c1-5-17-11-14-10-13(3)18-15(19-14)16(20-4)8-6-12(2)7-9-16/h10,12,17H,5-9,11H2,1-4H3. The van der Waals surface area contributed by atoms with Crippen molar-refractivity contribution < 1.29 is 4.74 Å². The van der Waals surface area contributed by atoms with E-state index in [0.29, 0.717) is 0 Å². The van der Waals surface area contributed by atoms with E-state index in [1.54, 1.807) is 7.11 Å². The smallest absolute Gasteiger partial charge is 0.160 e. The second-order valence-electron chi connectivity index (χ2n) is 5.99. The van der Waals surface area contributed by atoms with Crippen molar-refractivity contribution in [3.8, 4) is 0 Å². The number of ether oxygens (including phenoxy) is 1. The van der Waals surface area contributed by atoms with E-state index in [9.17, 15) is 0 Å². The van der Waals surface area contributed by atoms with Crippen molar-refractivity contribution in [2.45, 2.75) is 58.6 Å². The highest BCUT2D eigenvalue weighted by atomic mass is 16.5. The summed E-state index contributed by atoms with van der Waals surface area (Å²) in [6.45, 7) is 8.20. The van der Waals surface area contributed by atoms with Gasteiger partial charge in [-0.25, -0.2) is 9.97 Å². The maximum atomic E-state index is 5.88. The Labute approximate surface area is 122 Å². The van der Waals surface area contributed by atoms with E-state index in [-0.39, 0.29) is 5.60 Å².